The fourth-order valence-corrected chi connectivity index (χ4v) is 2.66. The van der Waals surface area contributed by atoms with Crippen LogP contribution in [0.4, 0.5) is 4.79 Å². The van der Waals surface area contributed by atoms with Crippen molar-refractivity contribution in [3.05, 3.63) is 35.9 Å². The van der Waals surface area contributed by atoms with Gasteiger partial charge in [0.25, 0.3) is 5.91 Å². The van der Waals surface area contributed by atoms with Crippen molar-refractivity contribution in [2.75, 3.05) is 7.05 Å². The zero-order chi connectivity index (χ0) is 22.2. The Kier molecular flexibility index (Phi) is 5.79. The molecule has 29 heavy (non-hydrogen) atoms. The Bertz CT molecular complexity index is 836. The lowest BCUT2D eigenvalue weighted by Gasteiger charge is -2.37. The maximum Gasteiger partial charge on any atom is 0.445 e. The van der Waals surface area contributed by atoms with E-state index < -0.39 is 34.5 Å². The molecule has 8 nitrogen and oxygen atoms in total. The van der Waals surface area contributed by atoms with Gasteiger partial charge in [0, 0.05) is 12.6 Å². The highest BCUT2D eigenvalue weighted by Crippen LogP contribution is 2.33. The molecule has 1 heterocycles. The van der Waals surface area contributed by atoms with Crippen LogP contribution >= 0.6 is 0 Å². The maximum absolute atomic E-state index is 13.1. The van der Waals surface area contributed by atoms with Crippen molar-refractivity contribution < 1.29 is 24.0 Å². The maximum atomic E-state index is 13.1. The van der Waals surface area contributed by atoms with Crippen LogP contribution in [0, 0.1) is 5.41 Å². The summed E-state index contributed by atoms with van der Waals surface area (Å²) in [7, 11) is 1.48. The lowest BCUT2D eigenvalue weighted by Crippen LogP contribution is -2.61. The standard InChI is InChI=1S/C21H29N3O5/c1-19(2,3)17(26)29-24(18(27)28-20(4,5)6)21(7)15(22-23(8)16(21)25)14-12-10-9-11-13-14/h9-13H,1-8H3. The lowest BCUT2D eigenvalue weighted by atomic mass is 9.90. The zero-order valence-electron chi connectivity index (χ0n) is 18.3. The number of benzene rings is 1. The van der Waals surface area contributed by atoms with Gasteiger partial charge in [0.2, 0.25) is 5.54 Å². The summed E-state index contributed by atoms with van der Waals surface area (Å²) < 4.78 is 5.44. The minimum Gasteiger partial charge on any atom is -0.442 e. The van der Waals surface area contributed by atoms with Crippen LogP contribution < -0.4 is 0 Å². The van der Waals surface area contributed by atoms with Crippen molar-refractivity contribution in [2.45, 2.75) is 59.6 Å². The third-order valence-electron chi connectivity index (χ3n) is 4.22. The van der Waals surface area contributed by atoms with E-state index in [9.17, 15) is 14.4 Å². The van der Waals surface area contributed by atoms with Gasteiger partial charge in [0.1, 0.15) is 11.3 Å². The van der Waals surface area contributed by atoms with Gasteiger partial charge in [-0.3, -0.25) is 4.79 Å². The summed E-state index contributed by atoms with van der Waals surface area (Å²) in [6, 6.07) is 8.94. The van der Waals surface area contributed by atoms with Crippen molar-refractivity contribution in [3.8, 4) is 0 Å². The normalized spacial score (nSPS) is 19.7. The summed E-state index contributed by atoms with van der Waals surface area (Å²) in [4.78, 5) is 44.3. The fourth-order valence-electron chi connectivity index (χ4n) is 2.66. The Morgan fingerprint density at radius 1 is 1.07 bits per heavy atom. The van der Waals surface area contributed by atoms with E-state index in [0.29, 0.717) is 10.6 Å². The molecule has 1 aliphatic heterocycles. The van der Waals surface area contributed by atoms with Crippen molar-refractivity contribution >= 4 is 23.7 Å². The predicted octanol–water partition coefficient (Wildman–Crippen LogP) is 3.36. The van der Waals surface area contributed by atoms with Crippen LogP contribution in [0.2, 0.25) is 0 Å². The van der Waals surface area contributed by atoms with Gasteiger partial charge in [-0.15, -0.1) is 5.06 Å². The smallest absolute Gasteiger partial charge is 0.442 e. The van der Waals surface area contributed by atoms with Crippen molar-refractivity contribution in [1.82, 2.24) is 10.1 Å². The van der Waals surface area contributed by atoms with E-state index in [0.717, 1.165) is 5.01 Å². The summed E-state index contributed by atoms with van der Waals surface area (Å²) in [6.07, 6.45) is -0.954. The SMILES string of the molecule is CN1N=C(c2ccccc2)C(C)(N(OC(=O)C(C)(C)C)C(=O)OC(C)(C)C)C1=O. The second-order valence-electron chi connectivity index (χ2n) is 9.12. The van der Waals surface area contributed by atoms with Gasteiger partial charge < -0.3 is 9.57 Å². The summed E-state index contributed by atoms with van der Waals surface area (Å²) in [6.45, 7) is 11.5. The van der Waals surface area contributed by atoms with E-state index in [2.05, 4.69) is 5.10 Å². The van der Waals surface area contributed by atoms with E-state index >= 15 is 0 Å². The molecule has 1 aromatic carbocycles. The van der Waals surface area contributed by atoms with Crippen LogP contribution in [-0.2, 0) is 19.2 Å². The molecule has 0 aliphatic carbocycles. The second kappa shape index (κ2) is 7.50. The van der Waals surface area contributed by atoms with Crippen LogP contribution in [-0.4, -0.2) is 51.9 Å². The van der Waals surface area contributed by atoms with Crippen LogP contribution in [0.25, 0.3) is 0 Å². The van der Waals surface area contributed by atoms with E-state index in [1.807, 2.05) is 6.07 Å². The molecule has 0 spiro atoms. The number of likely N-dealkylation sites (N-methyl/N-ethyl adjacent to an activating group) is 1. The number of hydrogen-bond acceptors (Lipinski definition) is 6. The molecule has 1 unspecified atom stereocenters. The molecular weight excluding hydrogens is 374 g/mol. The van der Waals surface area contributed by atoms with E-state index in [1.54, 1.807) is 65.8 Å². The number of rotatable bonds is 2. The molecule has 158 valence electrons. The molecule has 1 aromatic rings. The number of amides is 2. The molecule has 0 saturated heterocycles. The molecule has 0 radical (unpaired) electrons. The molecule has 0 fully saturated rings. The van der Waals surface area contributed by atoms with Gasteiger partial charge in [-0.05, 0) is 48.5 Å². The van der Waals surface area contributed by atoms with Gasteiger partial charge in [-0.2, -0.15) is 5.10 Å². The number of hydrazone groups is 1. The quantitative estimate of drug-likeness (QED) is 0.707. The average molecular weight is 403 g/mol. The Morgan fingerprint density at radius 3 is 2.10 bits per heavy atom. The topological polar surface area (TPSA) is 88.5 Å². The van der Waals surface area contributed by atoms with Crippen LogP contribution in [0.1, 0.15) is 54.0 Å². The number of carbonyl (C=O) groups is 3. The van der Waals surface area contributed by atoms with E-state index in [-0.39, 0.29) is 5.71 Å². The number of ether oxygens (including phenoxy) is 1. The first-order chi connectivity index (χ1) is 13.2. The number of nitrogens with zero attached hydrogens (tertiary/aromatic N) is 3. The fraction of sp³-hybridized carbons (Fsp3) is 0.524. The summed E-state index contributed by atoms with van der Waals surface area (Å²) in [5.74, 6) is -1.21. The second-order valence-corrected chi connectivity index (χ2v) is 9.12. The van der Waals surface area contributed by atoms with Crippen molar-refractivity contribution in [1.29, 1.82) is 0 Å². The monoisotopic (exact) mass is 403 g/mol. The molecule has 0 N–H and O–H groups in total. The number of hydroxylamine groups is 2. The third-order valence-corrected chi connectivity index (χ3v) is 4.22. The van der Waals surface area contributed by atoms with Crippen LogP contribution in [0.3, 0.4) is 0 Å². The Labute approximate surface area is 171 Å². The van der Waals surface area contributed by atoms with Gasteiger partial charge in [-0.25, -0.2) is 14.6 Å². The first kappa shape index (κ1) is 22.4. The minimum absolute atomic E-state index is 0.276. The molecule has 0 bridgehead atoms. The van der Waals surface area contributed by atoms with Crippen molar-refractivity contribution in [2.24, 2.45) is 10.5 Å². The van der Waals surface area contributed by atoms with Crippen LogP contribution in [0.15, 0.2) is 35.4 Å². The molecule has 0 saturated carbocycles. The van der Waals surface area contributed by atoms with E-state index in [4.69, 9.17) is 9.57 Å². The van der Waals surface area contributed by atoms with Gasteiger partial charge >= 0.3 is 12.1 Å². The molecule has 1 aliphatic rings. The predicted molar refractivity (Wildman–Crippen MR) is 108 cm³/mol. The highest BCUT2D eigenvalue weighted by atomic mass is 16.8. The molecule has 8 heteroatoms. The van der Waals surface area contributed by atoms with E-state index in [1.165, 1.54) is 14.0 Å². The van der Waals surface area contributed by atoms with Gasteiger partial charge in [0.15, 0.2) is 0 Å². The summed E-state index contributed by atoms with van der Waals surface area (Å²) >= 11 is 0. The summed E-state index contributed by atoms with van der Waals surface area (Å²) in [5, 5.41) is 6.16. The molecule has 0 aromatic heterocycles. The Hall–Kier alpha value is -2.90. The Balaban J connectivity index is 2.59. The van der Waals surface area contributed by atoms with Crippen LogP contribution in [0.5, 0.6) is 0 Å². The number of carbonyl (C=O) groups excluding carboxylic acids is 3. The first-order valence-electron chi connectivity index (χ1n) is 9.36. The molecule has 1 atom stereocenters. The first-order valence-corrected chi connectivity index (χ1v) is 9.36. The molecule has 2 amide bonds. The lowest BCUT2D eigenvalue weighted by molar-refractivity contribution is -0.209. The average Bonchev–Trinajstić information content (AvgIpc) is 2.82. The molecular formula is C21H29N3O5. The summed E-state index contributed by atoms with van der Waals surface area (Å²) in [5.41, 5.74) is -2.57. The third kappa shape index (κ3) is 4.58. The van der Waals surface area contributed by atoms with Gasteiger partial charge in [-0.1, -0.05) is 30.3 Å². The van der Waals surface area contributed by atoms with Gasteiger partial charge in [0.05, 0.1) is 5.41 Å². The largest absolute Gasteiger partial charge is 0.445 e. The van der Waals surface area contributed by atoms with Crippen molar-refractivity contribution in [3.63, 3.8) is 0 Å². The highest BCUT2D eigenvalue weighted by Gasteiger charge is 2.57. The Morgan fingerprint density at radius 2 is 1.62 bits per heavy atom. The zero-order valence-corrected chi connectivity index (χ0v) is 18.3. The minimum atomic E-state index is -1.70. The molecule has 2 rings (SSSR count). The number of hydrogen-bond donors (Lipinski definition) is 0. The highest BCUT2D eigenvalue weighted by molar-refractivity contribution is 6.24.